The molecule has 212 valence electrons. The largest absolute Gasteiger partial charge is 0.480 e. The maximum absolute atomic E-state index is 13.6. The first kappa shape index (κ1) is 28.4. The maximum Gasteiger partial charge on any atom is 0.326 e. The number of aliphatic carboxylic acids is 1. The molecule has 42 heavy (non-hydrogen) atoms. The van der Waals surface area contributed by atoms with Gasteiger partial charge in [0.1, 0.15) is 12.1 Å². The Bertz CT molecular complexity index is 1700. The minimum atomic E-state index is -1.18. The number of carboxylic acids is 1. The lowest BCUT2D eigenvalue weighted by Gasteiger charge is -2.22. The summed E-state index contributed by atoms with van der Waals surface area (Å²) in [4.78, 5) is 42.4. The monoisotopic (exact) mass is 559 g/mol. The van der Waals surface area contributed by atoms with Crippen LogP contribution in [0.25, 0.3) is 22.0 Å². The average Bonchev–Trinajstić information content (AvgIpc) is 3.39. The van der Waals surface area contributed by atoms with Gasteiger partial charge in [0.2, 0.25) is 5.91 Å². The van der Waals surface area contributed by atoms with Gasteiger partial charge in [0, 0.05) is 35.5 Å². The number of carbonyl (C=O) groups is 3. The highest BCUT2D eigenvalue weighted by atomic mass is 16.4. The van der Waals surface area contributed by atoms with Crippen LogP contribution in [-0.4, -0.2) is 40.0 Å². The number of fused-ring (bicyclic) bond motifs is 1. The van der Waals surface area contributed by atoms with Crippen LogP contribution in [0.5, 0.6) is 0 Å². The molecule has 0 aliphatic heterocycles. The van der Waals surface area contributed by atoms with Crippen LogP contribution < -0.4 is 10.6 Å². The van der Waals surface area contributed by atoms with Gasteiger partial charge >= 0.3 is 5.97 Å². The standard InChI is InChI=1S/C35H33N3O4/c1-22-16-23(2)18-27(17-22)33(39)37-31(19-24-12-14-26(15-13-24)25-8-4-3-5-9-25)34(40)38-32(35(41)42)20-28-21-36-30-11-7-6-10-29(28)30/h3-18,21,31-32,36H,19-20H2,1-2H3,(H,37,39)(H,38,40)(H,41,42)/t31-,32+/m1/s1. The summed E-state index contributed by atoms with van der Waals surface area (Å²) >= 11 is 0. The molecule has 2 atom stereocenters. The molecule has 0 unspecified atom stereocenters. The summed E-state index contributed by atoms with van der Waals surface area (Å²) in [5.74, 6) is -2.11. The van der Waals surface area contributed by atoms with Crippen LogP contribution in [0.3, 0.4) is 0 Å². The van der Waals surface area contributed by atoms with Crippen LogP contribution in [0.1, 0.15) is 32.6 Å². The second kappa shape index (κ2) is 12.6. The molecule has 0 saturated heterocycles. The molecule has 0 bridgehead atoms. The minimum Gasteiger partial charge on any atom is -0.480 e. The Balaban J connectivity index is 1.38. The summed E-state index contributed by atoms with van der Waals surface area (Å²) in [6.07, 6.45) is 2.05. The zero-order chi connectivity index (χ0) is 29.6. The van der Waals surface area contributed by atoms with E-state index in [9.17, 15) is 19.5 Å². The normalized spacial score (nSPS) is 12.4. The van der Waals surface area contributed by atoms with Crippen LogP contribution in [0.2, 0.25) is 0 Å². The number of benzene rings is 4. The molecular formula is C35H33N3O4. The zero-order valence-corrected chi connectivity index (χ0v) is 23.6. The van der Waals surface area contributed by atoms with Crippen LogP contribution in [0.15, 0.2) is 103 Å². The maximum atomic E-state index is 13.6. The fraction of sp³-hybridized carbons (Fsp3) is 0.171. The number of H-pyrrole nitrogens is 1. The lowest BCUT2D eigenvalue weighted by molar-refractivity contribution is -0.142. The summed E-state index contributed by atoms with van der Waals surface area (Å²) < 4.78 is 0. The summed E-state index contributed by atoms with van der Waals surface area (Å²) in [6, 6.07) is 28.7. The van der Waals surface area contributed by atoms with Crippen LogP contribution in [0.4, 0.5) is 0 Å². The summed E-state index contributed by atoms with van der Waals surface area (Å²) in [5, 5.41) is 16.5. The van der Waals surface area contributed by atoms with Crippen molar-refractivity contribution in [2.75, 3.05) is 0 Å². The summed E-state index contributed by atoms with van der Waals surface area (Å²) in [5.41, 5.74) is 6.92. The average molecular weight is 560 g/mol. The molecule has 7 nitrogen and oxygen atoms in total. The fourth-order valence-corrected chi connectivity index (χ4v) is 5.25. The Labute approximate surface area is 244 Å². The van der Waals surface area contributed by atoms with Gasteiger partial charge in [-0.1, -0.05) is 90.0 Å². The zero-order valence-electron chi connectivity index (χ0n) is 23.6. The van der Waals surface area contributed by atoms with E-state index in [-0.39, 0.29) is 12.8 Å². The molecule has 2 amide bonds. The Hall–Kier alpha value is -5.17. The van der Waals surface area contributed by atoms with E-state index in [1.54, 1.807) is 18.3 Å². The van der Waals surface area contributed by atoms with Crippen LogP contribution in [-0.2, 0) is 22.4 Å². The van der Waals surface area contributed by atoms with Crippen molar-refractivity contribution in [1.82, 2.24) is 15.6 Å². The van der Waals surface area contributed by atoms with Crippen molar-refractivity contribution in [1.29, 1.82) is 0 Å². The Kier molecular flexibility index (Phi) is 8.48. The number of rotatable bonds is 10. The molecule has 7 heteroatoms. The smallest absolute Gasteiger partial charge is 0.326 e. The van der Waals surface area contributed by atoms with Crippen molar-refractivity contribution in [3.8, 4) is 11.1 Å². The number of para-hydroxylation sites is 1. The molecule has 4 aromatic carbocycles. The van der Waals surface area contributed by atoms with E-state index in [0.29, 0.717) is 5.56 Å². The van der Waals surface area contributed by atoms with Gasteiger partial charge in [-0.05, 0) is 54.3 Å². The van der Waals surface area contributed by atoms with Gasteiger partial charge in [-0.2, -0.15) is 0 Å². The highest BCUT2D eigenvalue weighted by Gasteiger charge is 2.28. The first-order chi connectivity index (χ1) is 20.3. The first-order valence-electron chi connectivity index (χ1n) is 13.9. The number of carbonyl (C=O) groups excluding carboxylic acids is 2. The quantitative estimate of drug-likeness (QED) is 0.178. The summed E-state index contributed by atoms with van der Waals surface area (Å²) in [7, 11) is 0. The van der Waals surface area contributed by atoms with Crippen molar-refractivity contribution in [2.45, 2.75) is 38.8 Å². The van der Waals surface area contributed by atoms with Crippen molar-refractivity contribution < 1.29 is 19.5 Å². The highest BCUT2D eigenvalue weighted by molar-refractivity contribution is 5.98. The van der Waals surface area contributed by atoms with Crippen molar-refractivity contribution in [3.63, 3.8) is 0 Å². The van der Waals surface area contributed by atoms with E-state index in [1.807, 2.05) is 98.8 Å². The van der Waals surface area contributed by atoms with Gasteiger partial charge in [0.05, 0.1) is 0 Å². The molecule has 5 aromatic rings. The molecule has 1 heterocycles. The van der Waals surface area contributed by atoms with Gasteiger partial charge in [-0.15, -0.1) is 0 Å². The van der Waals surface area contributed by atoms with Gasteiger partial charge in [0.25, 0.3) is 5.91 Å². The van der Waals surface area contributed by atoms with Gasteiger partial charge in [-0.25, -0.2) is 4.79 Å². The van der Waals surface area contributed by atoms with E-state index in [4.69, 9.17) is 0 Å². The molecular weight excluding hydrogens is 526 g/mol. The number of hydrogen-bond acceptors (Lipinski definition) is 3. The number of hydrogen-bond donors (Lipinski definition) is 4. The van der Waals surface area contributed by atoms with Crippen LogP contribution >= 0.6 is 0 Å². The molecule has 4 N–H and O–H groups in total. The summed E-state index contributed by atoms with van der Waals surface area (Å²) in [6.45, 7) is 3.81. The second-order valence-electron chi connectivity index (χ2n) is 10.6. The fourth-order valence-electron chi connectivity index (χ4n) is 5.25. The van der Waals surface area contributed by atoms with E-state index >= 15 is 0 Å². The van der Waals surface area contributed by atoms with Gasteiger partial charge < -0.3 is 20.7 Å². The SMILES string of the molecule is Cc1cc(C)cc(C(=O)N[C@H](Cc2ccc(-c3ccccc3)cc2)C(=O)N[C@@H](Cc2c[nH]c3ccccc23)C(=O)O)c1. The van der Waals surface area contributed by atoms with Crippen molar-refractivity contribution in [2.24, 2.45) is 0 Å². The molecule has 5 rings (SSSR count). The molecule has 0 spiro atoms. The lowest BCUT2D eigenvalue weighted by Crippen LogP contribution is -2.53. The van der Waals surface area contributed by atoms with E-state index in [1.165, 1.54) is 0 Å². The Morgan fingerprint density at radius 3 is 2.07 bits per heavy atom. The van der Waals surface area contributed by atoms with E-state index in [2.05, 4.69) is 15.6 Å². The third-order valence-electron chi connectivity index (χ3n) is 7.32. The highest BCUT2D eigenvalue weighted by Crippen LogP contribution is 2.21. The number of nitrogens with one attached hydrogen (secondary N) is 3. The van der Waals surface area contributed by atoms with Crippen molar-refractivity contribution >= 4 is 28.7 Å². The predicted octanol–water partition coefficient (Wildman–Crippen LogP) is 5.60. The van der Waals surface area contributed by atoms with Crippen LogP contribution in [0, 0.1) is 13.8 Å². The topological polar surface area (TPSA) is 111 Å². The molecule has 0 fully saturated rings. The Morgan fingerprint density at radius 1 is 0.738 bits per heavy atom. The van der Waals surface area contributed by atoms with Crippen molar-refractivity contribution in [3.05, 3.63) is 131 Å². The molecule has 0 radical (unpaired) electrons. The number of carboxylic acid groups (broad SMARTS) is 1. The molecule has 0 aliphatic carbocycles. The number of aromatic amines is 1. The minimum absolute atomic E-state index is 0.0919. The predicted molar refractivity (Wildman–Crippen MR) is 164 cm³/mol. The lowest BCUT2D eigenvalue weighted by atomic mass is 9.99. The van der Waals surface area contributed by atoms with Gasteiger partial charge in [0.15, 0.2) is 0 Å². The van der Waals surface area contributed by atoms with E-state index < -0.39 is 29.9 Å². The molecule has 1 aromatic heterocycles. The van der Waals surface area contributed by atoms with Gasteiger partial charge in [-0.3, -0.25) is 9.59 Å². The third kappa shape index (κ3) is 6.75. The molecule has 0 saturated carbocycles. The van der Waals surface area contributed by atoms with E-state index in [0.717, 1.165) is 44.3 Å². The molecule has 0 aliphatic rings. The first-order valence-corrected chi connectivity index (χ1v) is 13.9. The second-order valence-corrected chi connectivity index (χ2v) is 10.6. The third-order valence-corrected chi connectivity index (χ3v) is 7.32. The number of aromatic nitrogens is 1. The number of amides is 2. The number of aryl methyl sites for hydroxylation is 2. The Morgan fingerprint density at radius 2 is 1.38 bits per heavy atom.